The number of hydrogen-bond acceptors (Lipinski definition) is 8. The maximum Gasteiger partial charge on any atom is 0.407 e. The van der Waals surface area contributed by atoms with Crippen molar-refractivity contribution in [2.24, 2.45) is 0 Å². The van der Waals surface area contributed by atoms with E-state index in [4.69, 9.17) is 9.72 Å². The quantitative estimate of drug-likeness (QED) is 0.244. The number of aromatic nitrogens is 3. The first-order valence-corrected chi connectivity index (χ1v) is 16.5. The summed E-state index contributed by atoms with van der Waals surface area (Å²) in [5, 5.41) is 11.4. The molecule has 0 bridgehead atoms. The number of anilines is 2. The minimum absolute atomic E-state index is 0.0664. The standard InChI is InChI=1S/C29H41FN6O4S2/c1-18(2)40-28(37)33-21-9-7-20(8-10-21)27-31-19(3)26(41-27)23-12-11-22(32-25-13-15-36(34-25)16-14-30)17-24(23)42(38,39)35-29(4,5)6/h11-13,15,17-18,20-21,35H,7-10,14,16H2,1-6H3,(H,32,34)(H,33,37). The SMILES string of the molecule is Cc1nc(C2CCC(NC(=O)OC(C)C)CC2)sc1-c1ccc(Nc2ccn(CCF)n2)cc1S(=O)(=O)NC(C)(C)C. The Morgan fingerprint density at radius 3 is 2.55 bits per heavy atom. The number of carbonyl (C=O) groups excluding carboxylic acids is 1. The number of alkyl halides is 1. The molecule has 4 rings (SSSR count). The van der Waals surface area contributed by atoms with Crippen molar-refractivity contribution in [1.29, 1.82) is 0 Å². The number of hydrogen-bond donors (Lipinski definition) is 3. The first-order valence-electron chi connectivity index (χ1n) is 14.2. The van der Waals surface area contributed by atoms with Crippen molar-refractivity contribution in [2.75, 3.05) is 12.0 Å². The van der Waals surface area contributed by atoms with Gasteiger partial charge in [-0.2, -0.15) is 5.10 Å². The first-order chi connectivity index (χ1) is 19.7. The van der Waals surface area contributed by atoms with E-state index in [1.807, 2.05) is 26.8 Å². The molecule has 2 heterocycles. The molecule has 1 aliphatic rings. The Morgan fingerprint density at radius 2 is 1.90 bits per heavy atom. The fraction of sp³-hybridized carbons (Fsp3) is 0.552. The lowest BCUT2D eigenvalue weighted by Gasteiger charge is -2.28. The summed E-state index contributed by atoms with van der Waals surface area (Å²) < 4.78 is 49.6. The van der Waals surface area contributed by atoms with Crippen molar-refractivity contribution in [2.45, 2.75) is 102 Å². The molecule has 2 aromatic heterocycles. The van der Waals surface area contributed by atoms with E-state index in [-0.39, 0.29) is 35.6 Å². The smallest absolute Gasteiger partial charge is 0.407 e. The number of nitrogens with one attached hydrogen (secondary N) is 3. The summed E-state index contributed by atoms with van der Waals surface area (Å²) in [7, 11) is -3.91. The van der Waals surface area contributed by atoms with Crippen molar-refractivity contribution in [3.05, 3.63) is 41.2 Å². The van der Waals surface area contributed by atoms with E-state index < -0.39 is 22.2 Å². The molecule has 10 nitrogen and oxygen atoms in total. The minimum atomic E-state index is -3.91. The van der Waals surface area contributed by atoms with Gasteiger partial charge in [0.05, 0.1) is 33.1 Å². The number of benzene rings is 1. The van der Waals surface area contributed by atoms with Gasteiger partial charge >= 0.3 is 6.09 Å². The summed E-state index contributed by atoms with van der Waals surface area (Å²) >= 11 is 1.52. The molecule has 1 fully saturated rings. The average Bonchev–Trinajstić information content (AvgIpc) is 3.49. The topological polar surface area (TPSA) is 127 Å². The van der Waals surface area contributed by atoms with Gasteiger partial charge in [-0.15, -0.1) is 11.3 Å². The summed E-state index contributed by atoms with van der Waals surface area (Å²) in [6, 6.07) is 6.98. The Hall–Kier alpha value is -3.03. The first kappa shape index (κ1) is 31.9. The van der Waals surface area contributed by atoms with Crippen molar-refractivity contribution in [3.8, 4) is 10.4 Å². The highest BCUT2D eigenvalue weighted by Crippen LogP contribution is 2.42. The largest absolute Gasteiger partial charge is 0.447 e. The predicted molar refractivity (Wildman–Crippen MR) is 164 cm³/mol. The lowest BCUT2D eigenvalue weighted by atomic mass is 9.86. The zero-order valence-electron chi connectivity index (χ0n) is 25.0. The molecule has 0 aliphatic heterocycles. The lowest BCUT2D eigenvalue weighted by Crippen LogP contribution is -2.40. The fourth-order valence-electron chi connectivity index (χ4n) is 5.00. The number of ether oxygens (including phenoxy) is 1. The van der Waals surface area contributed by atoms with E-state index in [0.29, 0.717) is 17.1 Å². The Bertz CT molecular complexity index is 1490. The number of alkyl carbamates (subject to hydrolysis) is 1. The summed E-state index contributed by atoms with van der Waals surface area (Å²) in [5.74, 6) is 0.719. The molecule has 0 radical (unpaired) electrons. The van der Waals surface area contributed by atoms with Crippen molar-refractivity contribution < 1.29 is 22.3 Å². The molecule has 3 aromatic rings. The molecule has 0 unspecified atom stereocenters. The molecular weight excluding hydrogens is 579 g/mol. The number of thiazole rings is 1. The van der Waals surface area contributed by atoms with Crippen LogP contribution in [-0.4, -0.2) is 53.6 Å². The van der Waals surface area contributed by atoms with E-state index in [9.17, 15) is 17.6 Å². The van der Waals surface area contributed by atoms with Gasteiger partial charge in [0.25, 0.3) is 0 Å². The van der Waals surface area contributed by atoms with Crippen molar-refractivity contribution in [3.63, 3.8) is 0 Å². The van der Waals surface area contributed by atoms with Crippen molar-refractivity contribution >= 4 is 39.0 Å². The molecule has 0 atom stereocenters. The summed E-state index contributed by atoms with van der Waals surface area (Å²) in [6.45, 7) is 10.6. The van der Waals surface area contributed by atoms with Gasteiger partial charge in [0, 0.05) is 41.0 Å². The highest BCUT2D eigenvalue weighted by Gasteiger charge is 2.30. The third-order valence-corrected chi connectivity index (χ3v) is 9.89. The van der Waals surface area contributed by atoms with Gasteiger partial charge in [-0.1, -0.05) is 6.07 Å². The number of nitrogens with zero attached hydrogens (tertiary/aromatic N) is 3. The van der Waals surface area contributed by atoms with Crippen molar-refractivity contribution in [1.82, 2.24) is 24.8 Å². The Morgan fingerprint density at radius 1 is 1.19 bits per heavy atom. The molecule has 3 N–H and O–H groups in total. The second kappa shape index (κ2) is 13.1. The zero-order chi connectivity index (χ0) is 30.7. The highest BCUT2D eigenvalue weighted by atomic mass is 32.2. The number of amides is 1. The van der Waals surface area contributed by atoms with Crippen LogP contribution in [0.5, 0.6) is 0 Å². The number of sulfonamides is 1. The summed E-state index contributed by atoms with van der Waals surface area (Å²) in [6.07, 6.45) is 4.50. The second-order valence-electron chi connectivity index (χ2n) is 12.0. The second-order valence-corrected chi connectivity index (χ2v) is 14.6. The van der Waals surface area contributed by atoms with Gasteiger partial charge in [0.2, 0.25) is 10.0 Å². The number of rotatable bonds is 10. The Labute approximate surface area is 251 Å². The molecule has 1 aromatic carbocycles. The molecule has 0 spiro atoms. The third kappa shape index (κ3) is 8.29. The van der Waals surface area contributed by atoms with Crippen LogP contribution in [0.4, 0.5) is 20.7 Å². The van der Waals surface area contributed by atoms with Crippen LogP contribution in [0.25, 0.3) is 10.4 Å². The molecule has 1 aliphatic carbocycles. The third-order valence-electron chi connectivity index (χ3n) is 6.74. The zero-order valence-corrected chi connectivity index (χ0v) is 26.7. The number of carbonyl (C=O) groups is 1. The monoisotopic (exact) mass is 620 g/mol. The van der Waals surface area contributed by atoms with E-state index in [2.05, 4.69) is 20.5 Å². The molecule has 0 saturated heterocycles. The van der Waals surface area contributed by atoms with Gasteiger partial charge in [-0.3, -0.25) is 4.68 Å². The van der Waals surface area contributed by atoms with Crippen LogP contribution < -0.4 is 15.4 Å². The predicted octanol–water partition coefficient (Wildman–Crippen LogP) is 6.27. The maximum absolute atomic E-state index is 13.7. The van der Waals surface area contributed by atoms with E-state index in [0.717, 1.165) is 41.3 Å². The number of aryl methyl sites for hydroxylation is 2. The molecule has 13 heteroatoms. The molecule has 42 heavy (non-hydrogen) atoms. The van der Waals surface area contributed by atoms with Gasteiger partial charge in [0.15, 0.2) is 5.82 Å². The van der Waals surface area contributed by atoms with Gasteiger partial charge in [0.1, 0.15) is 6.67 Å². The minimum Gasteiger partial charge on any atom is -0.447 e. The van der Waals surface area contributed by atoms with E-state index >= 15 is 0 Å². The summed E-state index contributed by atoms with van der Waals surface area (Å²) in [5.41, 5.74) is 1.21. The van der Waals surface area contributed by atoms with Crippen LogP contribution in [0.3, 0.4) is 0 Å². The van der Waals surface area contributed by atoms with E-state index in [1.165, 1.54) is 16.0 Å². The molecule has 1 amide bonds. The molecular formula is C29H41FN6O4S2. The lowest BCUT2D eigenvalue weighted by molar-refractivity contribution is 0.109. The van der Waals surface area contributed by atoms with Crippen LogP contribution >= 0.6 is 11.3 Å². The fourth-order valence-corrected chi connectivity index (χ4v) is 7.99. The maximum atomic E-state index is 13.7. The Kier molecular flexibility index (Phi) is 9.94. The average molecular weight is 621 g/mol. The summed E-state index contributed by atoms with van der Waals surface area (Å²) in [4.78, 5) is 17.8. The Balaban J connectivity index is 1.59. The van der Waals surface area contributed by atoms with Crippen LogP contribution in [0, 0.1) is 6.92 Å². The van der Waals surface area contributed by atoms with Crippen LogP contribution in [0.1, 0.15) is 76.9 Å². The van der Waals surface area contributed by atoms with Crippen LogP contribution in [0.2, 0.25) is 0 Å². The van der Waals surface area contributed by atoms with E-state index in [1.54, 1.807) is 45.2 Å². The van der Waals surface area contributed by atoms with Gasteiger partial charge < -0.3 is 15.4 Å². The van der Waals surface area contributed by atoms with Crippen LogP contribution in [0.15, 0.2) is 35.4 Å². The van der Waals surface area contributed by atoms with Crippen LogP contribution in [-0.2, 0) is 21.3 Å². The molecule has 230 valence electrons. The van der Waals surface area contributed by atoms with Gasteiger partial charge in [-0.05, 0) is 79.4 Å². The highest BCUT2D eigenvalue weighted by molar-refractivity contribution is 7.89. The normalized spacial score (nSPS) is 17.8. The van der Waals surface area contributed by atoms with Gasteiger partial charge in [-0.25, -0.2) is 27.3 Å². The number of halogens is 1. The molecule has 1 saturated carbocycles.